The molecule has 1 aromatic carbocycles. The van der Waals surface area contributed by atoms with Crippen molar-refractivity contribution in [2.24, 2.45) is 0 Å². The summed E-state index contributed by atoms with van der Waals surface area (Å²) >= 11 is 4.26. The second-order valence-corrected chi connectivity index (χ2v) is 4.60. The van der Waals surface area contributed by atoms with Crippen LogP contribution in [0, 0.1) is 6.92 Å². The van der Waals surface area contributed by atoms with Crippen molar-refractivity contribution in [1.29, 1.82) is 0 Å². The number of thiol groups is 1. The molecule has 0 saturated heterocycles. The molecule has 16 heavy (non-hydrogen) atoms. The largest absolute Gasteiger partial charge is 0.342 e. The molecule has 0 saturated carbocycles. The number of carbonyl (C=O) groups is 1. The Bertz CT molecular complexity index is 376. The summed E-state index contributed by atoms with van der Waals surface area (Å²) in [5, 5.41) is 0. The fraction of sp³-hybridized carbons (Fsp3) is 0.462. The summed E-state index contributed by atoms with van der Waals surface area (Å²) < 4.78 is 0. The predicted molar refractivity (Wildman–Crippen MR) is 70.3 cm³/mol. The van der Waals surface area contributed by atoms with Gasteiger partial charge in [-0.15, -0.1) is 12.6 Å². The summed E-state index contributed by atoms with van der Waals surface area (Å²) in [5.41, 5.74) is 1.76. The van der Waals surface area contributed by atoms with Crippen LogP contribution in [-0.2, 0) is 0 Å². The van der Waals surface area contributed by atoms with Crippen LogP contribution in [0.3, 0.4) is 0 Å². The van der Waals surface area contributed by atoms with Crippen LogP contribution in [0.15, 0.2) is 23.1 Å². The highest BCUT2D eigenvalue weighted by molar-refractivity contribution is 7.80. The van der Waals surface area contributed by atoms with Crippen molar-refractivity contribution in [3.05, 3.63) is 29.3 Å². The lowest BCUT2D eigenvalue weighted by molar-refractivity contribution is 0.0792. The van der Waals surface area contributed by atoms with Crippen molar-refractivity contribution in [2.45, 2.75) is 31.6 Å². The van der Waals surface area contributed by atoms with Crippen LogP contribution in [0.5, 0.6) is 0 Å². The number of benzene rings is 1. The molecule has 3 heteroatoms. The average molecular weight is 237 g/mol. The maximum absolute atomic E-state index is 12.1. The first-order chi connectivity index (χ1) is 7.56. The number of amides is 1. The van der Waals surface area contributed by atoms with E-state index in [-0.39, 0.29) is 5.91 Å². The van der Waals surface area contributed by atoms with Crippen LogP contribution < -0.4 is 0 Å². The molecule has 0 aliphatic carbocycles. The summed E-state index contributed by atoms with van der Waals surface area (Å²) in [5.74, 6) is 0.0850. The van der Waals surface area contributed by atoms with Crippen LogP contribution in [-0.4, -0.2) is 24.4 Å². The van der Waals surface area contributed by atoms with E-state index in [0.29, 0.717) is 0 Å². The Morgan fingerprint density at radius 2 is 2.12 bits per heavy atom. The van der Waals surface area contributed by atoms with E-state index in [1.165, 1.54) is 0 Å². The maximum Gasteiger partial charge on any atom is 0.253 e. The quantitative estimate of drug-likeness (QED) is 0.798. The van der Waals surface area contributed by atoms with Gasteiger partial charge in [-0.05, 0) is 31.0 Å². The number of hydrogen-bond acceptors (Lipinski definition) is 2. The SMILES string of the molecule is CCCCN(C)C(=O)c1cc(S)ccc1C. The Labute approximate surface area is 103 Å². The smallest absolute Gasteiger partial charge is 0.253 e. The molecule has 0 aliphatic rings. The molecular formula is C13H19NOS. The van der Waals surface area contributed by atoms with E-state index in [2.05, 4.69) is 19.6 Å². The minimum atomic E-state index is 0.0850. The fourth-order valence-electron chi connectivity index (χ4n) is 1.54. The lowest BCUT2D eigenvalue weighted by Crippen LogP contribution is -2.28. The molecule has 1 aromatic rings. The molecule has 0 radical (unpaired) electrons. The van der Waals surface area contributed by atoms with Crippen LogP contribution in [0.4, 0.5) is 0 Å². The molecule has 0 fully saturated rings. The van der Waals surface area contributed by atoms with E-state index in [4.69, 9.17) is 0 Å². The molecule has 0 atom stereocenters. The topological polar surface area (TPSA) is 20.3 Å². The highest BCUT2D eigenvalue weighted by Gasteiger charge is 2.13. The van der Waals surface area contributed by atoms with Gasteiger partial charge in [-0.3, -0.25) is 4.79 Å². The number of aryl methyl sites for hydroxylation is 1. The van der Waals surface area contributed by atoms with Crippen molar-refractivity contribution in [3.8, 4) is 0 Å². The second-order valence-electron chi connectivity index (χ2n) is 4.08. The Morgan fingerprint density at radius 3 is 2.75 bits per heavy atom. The summed E-state index contributed by atoms with van der Waals surface area (Å²) in [4.78, 5) is 14.7. The monoisotopic (exact) mass is 237 g/mol. The van der Waals surface area contributed by atoms with Crippen molar-refractivity contribution in [2.75, 3.05) is 13.6 Å². The van der Waals surface area contributed by atoms with E-state index >= 15 is 0 Å². The molecule has 1 amide bonds. The molecular weight excluding hydrogens is 218 g/mol. The lowest BCUT2D eigenvalue weighted by Gasteiger charge is -2.18. The molecule has 88 valence electrons. The van der Waals surface area contributed by atoms with Crippen molar-refractivity contribution < 1.29 is 4.79 Å². The van der Waals surface area contributed by atoms with E-state index in [1.807, 2.05) is 32.2 Å². The van der Waals surface area contributed by atoms with E-state index in [0.717, 1.165) is 35.4 Å². The van der Waals surface area contributed by atoms with Gasteiger partial charge in [-0.2, -0.15) is 0 Å². The summed E-state index contributed by atoms with van der Waals surface area (Å²) in [6, 6.07) is 5.67. The molecule has 0 spiro atoms. The van der Waals surface area contributed by atoms with Gasteiger partial charge in [0.05, 0.1) is 0 Å². The first-order valence-corrected chi connectivity index (χ1v) is 6.06. The zero-order valence-corrected chi connectivity index (χ0v) is 11.1. The number of carbonyl (C=O) groups excluding carboxylic acids is 1. The first-order valence-electron chi connectivity index (χ1n) is 5.61. The Kier molecular flexibility index (Phi) is 4.87. The lowest BCUT2D eigenvalue weighted by atomic mass is 10.1. The van der Waals surface area contributed by atoms with Gasteiger partial charge in [0, 0.05) is 24.1 Å². The molecule has 2 nitrogen and oxygen atoms in total. The molecule has 0 N–H and O–H groups in total. The van der Waals surface area contributed by atoms with Crippen LogP contribution in [0.1, 0.15) is 35.7 Å². The minimum absolute atomic E-state index is 0.0850. The Morgan fingerprint density at radius 1 is 1.44 bits per heavy atom. The summed E-state index contributed by atoms with van der Waals surface area (Å²) in [6.07, 6.45) is 2.14. The average Bonchev–Trinajstić information content (AvgIpc) is 2.28. The van der Waals surface area contributed by atoms with E-state index in [9.17, 15) is 4.79 Å². The summed E-state index contributed by atoms with van der Waals surface area (Å²) in [6.45, 7) is 4.89. The maximum atomic E-state index is 12.1. The molecule has 0 unspecified atom stereocenters. The first kappa shape index (κ1) is 13.1. The molecule has 1 rings (SSSR count). The third kappa shape index (κ3) is 3.27. The molecule has 0 bridgehead atoms. The van der Waals surface area contributed by atoms with Gasteiger partial charge >= 0.3 is 0 Å². The second kappa shape index (κ2) is 5.94. The third-order valence-corrected chi connectivity index (χ3v) is 2.92. The number of unbranched alkanes of at least 4 members (excludes halogenated alkanes) is 1. The number of nitrogens with zero attached hydrogens (tertiary/aromatic N) is 1. The molecule has 0 aromatic heterocycles. The predicted octanol–water partition coefficient (Wildman–Crippen LogP) is 3.16. The zero-order chi connectivity index (χ0) is 12.1. The van der Waals surface area contributed by atoms with Crippen LogP contribution in [0.2, 0.25) is 0 Å². The Balaban J connectivity index is 2.83. The minimum Gasteiger partial charge on any atom is -0.342 e. The van der Waals surface area contributed by atoms with E-state index in [1.54, 1.807) is 4.90 Å². The molecule has 0 aliphatic heterocycles. The van der Waals surface area contributed by atoms with Gasteiger partial charge in [0.1, 0.15) is 0 Å². The van der Waals surface area contributed by atoms with Gasteiger partial charge in [0.2, 0.25) is 0 Å². The van der Waals surface area contributed by atoms with E-state index < -0.39 is 0 Å². The zero-order valence-electron chi connectivity index (χ0n) is 10.2. The standard InChI is InChI=1S/C13H19NOS/c1-4-5-8-14(3)13(15)12-9-11(16)7-6-10(12)2/h6-7,9,16H,4-5,8H2,1-3H3. The number of hydrogen-bond donors (Lipinski definition) is 1. The fourth-order valence-corrected chi connectivity index (χ4v) is 1.75. The van der Waals surface area contributed by atoms with Crippen LogP contribution in [0.25, 0.3) is 0 Å². The van der Waals surface area contributed by atoms with Crippen molar-refractivity contribution in [3.63, 3.8) is 0 Å². The van der Waals surface area contributed by atoms with Gasteiger partial charge in [-0.1, -0.05) is 19.4 Å². The van der Waals surface area contributed by atoms with Gasteiger partial charge < -0.3 is 4.90 Å². The van der Waals surface area contributed by atoms with Gasteiger partial charge in [0.25, 0.3) is 5.91 Å². The Hall–Kier alpha value is -0.960. The van der Waals surface area contributed by atoms with Crippen molar-refractivity contribution in [1.82, 2.24) is 4.90 Å². The number of rotatable bonds is 4. The highest BCUT2D eigenvalue weighted by atomic mass is 32.1. The van der Waals surface area contributed by atoms with Crippen molar-refractivity contribution >= 4 is 18.5 Å². The highest BCUT2D eigenvalue weighted by Crippen LogP contribution is 2.15. The van der Waals surface area contributed by atoms with Crippen LogP contribution >= 0.6 is 12.6 Å². The normalized spacial score (nSPS) is 10.2. The van der Waals surface area contributed by atoms with Gasteiger partial charge in [-0.25, -0.2) is 0 Å². The third-order valence-electron chi connectivity index (χ3n) is 2.65. The van der Waals surface area contributed by atoms with Gasteiger partial charge in [0.15, 0.2) is 0 Å². The summed E-state index contributed by atoms with van der Waals surface area (Å²) in [7, 11) is 1.85. The molecule has 0 heterocycles.